The zero-order valence-corrected chi connectivity index (χ0v) is 18.1. The Morgan fingerprint density at radius 2 is 1.86 bits per heavy atom. The predicted octanol–water partition coefficient (Wildman–Crippen LogP) is 2.62. The van der Waals surface area contributed by atoms with Crippen molar-refractivity contribution < 1.29 is 4.79 Å². The molecular formula is C19H30Cl2N6O. The summed E-state index contributed by atoms with van der Waals surface area (Å²) in [6, 6.07) is 3.70. The van der Waals surface area contributed by atoms with Crippen LogP contribution in [-0.2, 0) is 18.4 Å². The van der Waals surface area contributed by atoms with Crippen molar-refractivity contribution in [3.63, 3.8) is 0 Å². The zero-order chi connectivity index (χ0) is 18.4. The maximum atomic E-state index is 12.5. The fraction of sp³-hybridized carbons (Fsp3) is 0.526. The van der Waals surface area contributed by atoms with Gasteiger partial charge in [-0.05, 0) is 31.5 Å². The number of hydrogen-bond acceptors (Lipinski definition) is 5. The van der Waals surface area contributed by atoms with Crippen molar-refractivity contribution in [2.45, 2.75) is 38.3 Å². The molecule has 3 rings (SSSR count). The van der Waals surface area contributed by atoms with Crippen LogP contribution in [0.15, 0.2) is 30.7 Å². The number of carbonyl (C=O) groups is 1. The van der Waals surface area contributed by atoms with Crippen LogP contribution in [0, 0.1) is 0 Å². The molecule has 156 valence electrons. The first kappa shape index (κ1) is 24.2. The minimum Gasteiger partial charge on any atom is -0.357 e. The van der Waals surface area contributed by atoms with Gasteiger partial charge in [0.1, 0.15) is 11.9 Å². The first-order valence-corrected chi connectivity index (χ1v) is 9.31. The van der Waals surface area contributed by atoms with Crippen LogP contribution < -0.4 is 15.5 Å². The highest BCUT2D eigenvalue weighted by Crippen LogP contribution is 2.17. The lowest BCUT2D eigenvalue weighted by Gasteiger charge is -2.21. The molecule has 0 spiro atoms. The summed E-state index contributed by atoms with van der Waals surface area (Å²) in [5.74, 6) is 0.961. The Labute approximate surface area is 179 Å². The molecule has 1 fully saturated rings. The van der Waals surface area contributed by atoms with Crippen LogP contribution in [0.2, 0.25) is 0 Å². The lowest BCUT2D eigenvalue weighted by atomic mass is 10.1. The Balaban J connectivity index is 0.00000196. The number of carbonyl (C=O) groups excluding carboxylic acids is 1. The number of aryl methyl sites for hydroxylation is 1. The van der Waals surface area contributed by atoms with Gasteiger partial charge < -0.3 is 15.5 Å². The molecule has 2 aromatic heterocycles. The fourth-order valence-corrected chi connectivity index (χ4v) is 3.34. The van der Waals surface area contributed by atoms with Crippen molar-refractivity contribution in [2.75, 3.05) is 25.0 Å². The van der Waals surface area contributed by atoms with E-state index in [9.17, 15) is 4.79 Å². The van der Waals surface area contributed by atoms with Gasteiger partial charge in [0.2, 0.25) is 5.91 Å². The van der Waals surface area contributed by atoms with E-state index in [-0.39, 0.29) is 30.7 Å². The molecular weight excluding hydrogens is 399 g/mol. The molecule has 1 aliphatic rings. The van der Waals surface area contributed by atoms with Gasteiger partial charge in [-0.25, -0.2) is 4.98 Å². The minimum atomic E-state index is -0.409. The number of anilines is 1. The standard InChI is InChI=1S/C19H28N6O.2ClH/c1-20-18(16-13-23-24(2)14-16)19(26)22-12-15-7-8-17(21-11-15)25-9-5-3-4-6-10-25;;/h7-8,11,13-14,18,20H,3-6,9-10,12H2,1-2H3,(H,22,26);2*1H. The summed E-state index contributed by atoms with van der Waals surface area (Å²) in [4.78, 5) is 19.4. The zero-order valence-electron chi connectivity index (χ0n) is 16.4. The number of nitrogens with zero attached hydrogens (tertiary/aromatic N) is 4. The molecule has 0 bridgehead atoms. The van der Waals surface area contributed by atoms with Crippen molar-refractivity contribution in [3.8, 4) is 0 Å². The van der Waals surface area contributed by atoms with Crippen molar-refractivity contribution in [1.29, 1.82) is 0 Å². The average Bonchev–Trinajstić information content (AvgIpc) is 2.91. The first-order valence-electron chi connectivity index (χ1n) is 9.31. The van der Waals surface area contributed by atoms with E-state index in [0.29, 0.717) is 6.54 Å². The molecule has 0 aromatic carbocycles. The van der Waals surface area contributed by atoms with E-state index in [1.54, 1.807) is 17.9 Å². The maximum Gasteiger partial charge on any atom is 0.242 e. The molecule has 1 saturated heterocycles. The third-order valence-corrected chi connectivity index (χ3v) is 4.81. The van der Waals surface area contributed by atoms with Crippen molar-refractivity contribution in [3.05, 3.63) is 41.9 Å². The van der Waals surface area contributed by atoms with Gasteiger partial charge in [-0.3, -0.25) is 9.48 Å². The molecule has 0 radical (unpaired) electrons. The number of likely N-dealkylation sites (N-methyl/N-ethyl adjacent to an activating group) is 1. The Morgan fingerprint density at radius 3 is 2.39 bits per heavy atom. The van der Waals surface area contributed by atoms with E-state index < -0.39 is 6.04 Å². The number of aromatic nitrogens is 3. The quantitative estimate of drug-likeness (QED) is 0.739. The third kappa shape index (κ3) is 6.36. The van der Waals surface area contributed by atoms with E-state index in [0.717, 1.165) is 30.0 Å². The third-order valence-electron chi connectivity index (χ3n) is 4.81. The van der Waals surface area contributed by atoms with Crippen LogP contribution in [0.1, 0.15) is 42.9 Å². The summed E-state index contributed by atoms with van der Waals surface area (Å²) in [6.45, 7) is 2.63. The summed E-state index contributed by atoms with van der Waals surface area (Å²) in [5, 5.41) is 10.1. The normalized spacial score (nSPS) is 15.0. The van der Waals surface area contributed by atoms with Crippen LogP contribution >= 0.6 is 24.8 Å². The van der Waals surface area contributed by atoms with E-state index >= 15 is 0 Å². The molecule has 28 heavy (non-hydrogen) atoms. The largest absolute Gasteiger partial charge is 0.357 e. The van der Waals surface area contributed by atoms with Gasteiger partial charge in [-0.15, -0.1) is 24.8 Å². The summed E-state index contributed by atoms with van der Waals surface area (Å²) in [5.41, 5.74) is 1.85. The summed E-state index contributed by atoms with van der Waals surface area (Å²) >= 11 is 0. The number of nitrogens with one attached hydrogen (secondary N) is 2. The minimum absolute atomic E-state index is 0. The van der Waals surface area contributed by atoms with Crippen LogP contribution in [0.5, 0.6) is 0 Å². The first-order chi connectivity index (χ1) is 12.7. The second-order valence-electron chi connectivity index (χ2n) is 6.81. The summed E-state index contributed by atoms with van der Waals surface area (Å²) in [6.07, 6.45) is 10.5. The molecule has 1 amide bonds. The SMILES string of the molecule is CNC(C(=O)NCc1ccc(N2CCCCCC2)nc1)c1cnn(C)c1.Cl.Cl. The smallest absolute Gasteiger partial charge is 0.242 e. The van der Waals surface area contributed by atoms with Crippen LogP contribution in [0.25, 0.3) is 0 Å². The van der Waals surface area contributed by atoms with Crippen molar-refractivity contribution in [2.24, 2.45) is 7.05 Å². The van der Waals surface area contributed by atoms with Gasteiger partial charge in [0.05, 0.1) is 6.20 Å². The predicted molar refractivity (Wildman–Crippen MR) is 116 cm³/mol. The van der Waals surface area contributed by atoms with E-state index in [2.05, 4.69) is 31.7 Å². The second kappa shape index (κ2) is 11.9. The van der Waals surface area contributed by atoms with Gasteiger partial charge in [0.15, 0.2) is 0 Å². The highest BCUT2D eigenvalue weighted by atomic mass is 35.5. The molecule has 3 heterocycles. The lowest BCUT2D eigenvalue weighted by molar-refractivity contribution is -0.123. The Morgan fingerprint density at radius 1 is 1.14 bits per heavy atom. The van der Waals surface area contributed by atoms with Crippen molar-refractivity contribution in [1.82, 2.24) is 25.4 Å². The highest BCUT2D eigenvalue weighted by Gasteiger charge is 2.19. The molecule has 1 atom stereocenters. The van der Waals surface area contributed by atoms with E-state index in [4.69, 9.17) is 0 Å². The molecule has 0 aliphatic carbocycles. The van der Waals surface area contributed by atoms with Crippen LogP contribution in [0.4, 0.5) is 5.82 Å². The number of rotatable bonds is 6. The Hall–Kier alpha value is -1.83. The average molecular weight is 429 g/mol. The Bertz CT molecular complexity index is 713. The molecule has 2 N–H and O–H groups in total. The molecule has 1 aliphatic heterocycles. The van der Waals surface area contributed by atoms with Crippen LogP contribution in [-0.4, -0.2) is 40.8 Å². The van der Waals surface area contributed by atoms with E-state index in [1.165, 1.54) is 25.7 Å². The fourth-order valence-electron chi connectivity index (χ4n) is 3.34. The van der Waals surface area contributed by atoms with Gasteiger partial charge in [-0.2, -0.15) is 5.10 Å². The molecule has 0 saturated carbocycles. The summed E-state index contributed by atoms with van der Waals surface area (Å²) < 4.78 is 1.69. The van der Waals surface area contributed by atoms with E-state index in [1.807, 2.05) is 25.5 Å². The van der Waals surface area contributed by atoms with Gasteiger partial charge >= 0.3 is 0 Å². The number of amides is 1. The molecule has 2 aromatic rings. The van der Waals surface area contributed by atoms with Gasteiger partial charge in [0, 0.05) is 44.6 Å². The monoisotopic (exact) mass is 428 g/mol. The maximum absolute atomic E-state index is 12.5. The van der Waals surface area contributed by atoms with Gasteiger partial charge in [-0.1, -0.05) is 18.9 Å². The summed E-state index contributed by atoms with van der Waals surface area (Å²) in [7, 11) is 3.61. The highest BCUT2D eigenvalue weighted by molar-refractivity contribution is 5.85. The van der Waals surface area contributed by atoms with Crippen molar-refractivity contribution >= 4 is 36.5 Å². The number of pyridine rings is 1. The lowest BCUT2D eigenvalue weighted by Crippen LogP contribution is -2.35. The molecule has 1 unspecified atom stereocenters. The molecule has 9 heteroatoms. The topological polar surface area (TPSA) is 75.1 Å². The number of halogens is 2. The second-order valence-corrected chi connectivity index (χ2v) is 6.81. The Kier molecular flexibility index (Phi) is 10.3. The van der Waals surface area contributed by atoms with Gasteiger partial charge in [0.25, 0.3) is 0 Å². The number of hydrogen-bond donors (Lipinski definition) is 2. The van der Waals surface area contributed by atoms with Crippen LogP contribution in [0.3, 0.4) is 0 Å². The molecule has 7 nitrogen and oxygen atoms in total.